The summed E-state index contributed by atoms with van der Waals surface area (Å²) < 4.78 is 5.52. The van der Waals surface area contributed by atoms with Gasteiger partial charge in [-0.05, 0) is 43.7 Å². The fraction of sp³-hybridized carbons (Fsp3) is 0.647. The van der Waals surface area contributed by atoms with Gasteiger partial charge in [0.2, 0.25) is 0 Å². The highest BCUT2D eigenvalue weighted by Gasteiger charge is 2.15. The quantitative estimate of drug-likeness (QED) is 0.671. The molecule has 0 bridgehead atoms. The molecule has 21 heavy (non-hydrogen) atoms. The molecule has 118 valence electrons. The van der Waals surface area contributed by atoms with Crippen molar-refractivity contribution >= 4 is 5.78 Å². The van der Waals surface area contributed by atoms with Crippen LogP contribution in [0.1, 0.15) is 56.8 Å². The Morgan fingerprint density at radius 2 is 2.10 bits per heavy atom. The molecule has 0 spiro atoms. The lowest BCUT2D eigenvalue weighted by atomic mass is 9.87. The first kappa shape index (κ1) is 17.6. The molecule has 0 aromatic carbocycles. The maximum absolute atomic E-state index is 12.3. The number of nitrogens with zero attached hydrogens (tertiary/aromatic N) is 1. The standard InChI is InChI=1S/C17H28N2O2/c1-4-9-21-16-10-15(11-19-12-16)17(20)6-5-14(7-8-18)13(2)3/h10-14H,4-9,18H2,1-3H3. The van der Waals surface area contributed by atoms with Crippen molar-refractivity contribution in [2.24, 2.45) is 17.6 Å². The number of ketones is 1. The third-order valence-corrected chi connectivity index (χ3v) is 3.73. The van der Waals surface area contributed by atoms with E-state index >= 15 is 0 Å². The summed E-state index contributed by atoms with van der Waals surface area (Å²) in [6.45, 7) is 7.74. The van der Waals surface area contributed by atoms with Gasteiger partial charge >= 0.3 is 0 Å². The number of aromatic nitrogens is 1. The van der Waals surface area contributed by atoms with Crippen LogP contribution in [0.2, 0.25) is 0 Å². The summed E-state index contributed by atoms with van der Waals surface area (Å²) in [6, 6.07) is 1.79. The maximum Gasteiger partial charge on any atom is 0.164 e. The van der Waals surface area contributed by atoms with E-state index < -0.39 is 0 Å². The smallest absolute Gasteiger partial charge is 0.164 e. The molecule has 4 nitrogen and oxygen atoms in total. The predicted molar refractivity (Wildman–Crippen MR) is 85.6 cm³/mol. The van der Waals surface area contributed by atoms with Gasteiger partial charge < -0.3 is 10.5 Å². The number of nitrogens with two attached hydrogens (primary N) is 1. The van der Waals surface area contributed by atoms with Gasteiger partial charge in [-0.15, -0.1) is 0 Å². The van der Waals surface area contributed by atoms with Gasteiger partial charge in [-0.3, -0.25) is 9.78 Å². The minimum atomic E-state index is 0.132. The predicted octanol–water partition coefficient (Wildman–Crippen LogP) is 3.45. The molecule has 0 aliphatic rings. The second-order valence-corrected chi connectivity index (χ2v) is 5.80. The molecule has 0 saturated carbocycles. The molecule has 0 amide bonds. The highest BCUT2D eigenvalue weighted by atomic mass is 16.5. The van der Waals surface area contributed by atoms with Gasteiger partial charge in [0, 0.05) is 18.2 Å². The first-order valence-corrected chi connectivity index (χ1v) is 7.89. The van der Waals surface area contributed by atoms with E-state index in [1.165, 1.54) is 0 Å². The average Bonchev–Trinajstić information content (AvgIpc) is 2.49. The van der Waals surface area contributed by atoms with Gasteiger partial charge in [0.25, 0.3) is 0 Å². The Bertz CT molecular complexity index is 433. The van der Waals surface area contributed by atoms with Crippen molar-refractivity contribution in [2.45, 2.75) is 46.5 Å². The molecule has 1 atom stereocenters. The fourth-order valence-corrected chi connectivity index (χ4v) is 2.36. The van der Waals surface area contributed by atoms with Crippen LogP contribution in [0, 0.1) is 11.8 Å². The fourth-order valence-electron chi connectivity index (χ4n) is 2.36. The number of Topliss-reactive ketones (excluding diaryl/α,β-unsaturated/α-hetero) is 1. The van der Waals surface area contributed by atoms with E-state index in [1.54, 1.807) is 18.5 Å². The van der Waals surface area contributed by atoms with E-state index in [-0.39, 0.29) is 5.78 Å². The third-order valence-electron chi connectivity index (χ3n) is 3.73. The van der Waals surface area contributed by atoms with Crippen molar-refractivity contribution in [2.75, 3.05) is 13.2 Å². The molecule has 0 saturated heterocycles. The van der Waals surface area contributed by atoms with Crippen LogP contribution in [0.25, 0.3) is 0 Å². The molecule has 0 radical (unpaired) electrons. The monoisotopic (exact) mass is 292 g/mol. The van der Waals surface area contributed by atoms with Crippen LogP contribution in [0.5, 0.6) is 5.75 Å². The van der Waals surface area contributed by atoms with E-state index in [1.807, 2.05) is 6.92 Å². The first-order chi connectivity index (χ1) is 10.1. The summed E-state index contributed by atoms with van der Waals surface area (Å²) in [5.41, 5.74) is 6.28. The minimum Gasteiger partial charge on any atom is -0.492 e. The van der Waals surface area contributed by atoms with Gasteiger partial charge in [-0.1, -0.05) is 20.8 Å². The van der Waals surface area contributed by atoms with Gasteiger partial charge in [-0.25, -0.2) is 0 Å². The number of hydrogen-bond acceptors (Lipinski definition) is 4. The minimum absolute atomic E-state index is 0.132. The normalized spacial score (nSPS) is 12.4. The maximum atomic E-state index is 12.3. The molecule has 0 fully saturated rings. The lowest BCUT2D eigenvalue weighted by Gasteiger charge is -2.19. The number of hydrogen-bond donors (Lipinski definition) is 1. The Kier molecular flexibility index (Phi) is 7.98. The van der Waals surface area contributed by atoms with Crippen LogP contribution in [0.3, 0.4) is 0 Å². The molecule has 1 aromatic rings. The van der Waals surface area contributed by atoms with E-state index in [0.717, 1.165) is 19.3 Å². The largest absolute Gasteiger partial charge is 0.492 e. The summed E-state index contributed by atoms with van der Waals surface area (Å²) in [6.07, 6.45) is 6.61. The Hall–Kier alpha value is -1.42. The van der Waals surface area contributed by atoms with Crippen LogP contribution in [-0.2, 0) is 0 Å². The second-order valence-electron chi connectivity index (χ2n) is 5.80. The third kappa shape index (κ3) is 6.25. The number of rotatable bonds is 10. The average molecular weight is 292 g/mol. The molecular formula is C17H28N2O2. The molecule has 1 unspecified atom stereocenters. The summed E-state index contributed by atoms with van der Waals surface area (Å²) in [7, 11) is 0. The van der Waals surface area contributed by atoms with Crippen LogP contribution in [0.15, 0.2) is 18.5 Å². The van der Waals surface area contributed by atoms with E-state index in [9.17, 15) is 4.79 Å². The molecular weight excluding hydrogens is 264 g/mol. The second kappa shape index (κ2) is 9.50. The SMILES string of the molecule is CCCOc1cncc(C(=O)CCC(CCN)C(C)C)c1. The Morgan fingerprint density at radius 3 is 2.71 bits per heavy atom. The Labute approximate surface area is 128 Å². The molecule has 1 heterocycles. The number of pyridine rings is 1. The molecule has 1 aromatic heterocycles. The lowest BCUT2D eigenvalue weighted by Crippen LogP contribution is -2.16. The molecule has 0 aliphatic carbocycles. The van der Waals surface area contributed by atoms with Crippen molar-refractivity contribution in [3.05, 3.63) is 24.0 Å². The van der Waals surface area contributed by atoms with E-state index in [2.05, 4.69) is 18.8 Å². The van der Waals surface area contributed by atoms with Crippen molar-refractivity contribution < 1.29 is 9.53 Å². The zero-order valence-electron chi connectivity index (χ0n) is 13.5. The molecule has 4 heteroatoms. The van der Waals surface area contributed by atoms with Gasteiger partial charge in [0.05, 0.1) is 12.8 Å². The van der Waals surface area contributed by atoms with E-state index in [4.69, 9.17) is 10.5 Å². The number of carbonyl (C=O) groups is 1. The summed E-state index contributed by atoms with van der Waals surface area (Å²) >= 11 is 0. The van der Waals surface area contributed by atoms with Crippen molar-refractivity contribution in [1.29, 1.82) is 0 Å². The molecule has 2 N–H and O–H groups in total. The number of carbonyl (C=O) groups excluding carboxylic acids is 1. The van der Waals surface area contributed by atoms with Crippen LogP contribution in [-0.4, -0.2) is 23.9 Å². The number of ether oxygens (including phenoxy) is 1. The summed E-state index contributed by atoms with van der Waals surface area (Å²) in [5.74, 6) is 1.86. The highest BCUT2D eigenvalue weighted by Crippen LogP contribution is 2.22. The highest BCUT2D eigenvalue weighted by molar-refractivity contribution is 5.96. The van der Waals surface area contributed by atoms with E-state index in [0.29, 0.717) is 42.7 Å². The van der Waals surface area contributed by atoms with Crippen molar-refractivity contribution in [1.82, 2.24) is 4.98 Å². The van der Waals surface area contributed by atoms with Gasteiger partial charge in [0.15, 0.2) is 5.78 Å². The topological polar surface area (TPSA) is 65.2 Å². The van der Waals surface area contributed by atoms with Crippen LogP contribution < -0.4 is 10.5 Å². The summed E-state index contributed by atoms with van der Waals surface area (Å²) in [5, 5.41) is 0. The zero-order valence-corrected chi connectivity index (χ0v) is 13.5. The van der Waals surface area contributed by atoms with Crippen LogP contribution in [0.4, 0.5) is 0 Å². The van der Waals surface area contributed by atoms with Crippen molar-refractivity contribution in [3.8, 4) is 5.75 Å². The molecule has 1 rings (SSSR count). The summed E-state index contributed by atoms with van der Waals surface area (Å²) in [4.78, 5) is 16.4. The van der Waals surface area contributed by atoms with Crippen molar-refractivity contribution in [3.63, 3.8) is 0 Å². The zero-order chi connectivity index (χ0) is 15.7. The van der Waals surface area contributed by atoms with Crippen LogP contribution >= 0.6 is 0 Å². The first-order valence-electron chi connectivity index (χ1n) is 7.89. The Morgan fingerprint density at radius 1 is 1.33 bits per heavy atom. The Balaban J connectivity index is 2.58. The molecule has 0 aliphatic heterocycles. The van der Waals surface area contributed by atoms with Gasteiger partial charge in [0.1, 0.15) is 5.75 Å². The lowest BCUT2D eigenvalue weighted by molar-refractivity contribution is 0.0968. The van der Waals surface area contributed by atoms with Gasteiger partial charge in [-0.2, -0.15) is 0 Å².